The molecule has 1 saturated heterocycles. The fourth-order valence-electron chi connectivity index (χ4n) is 3.74. The normalized spacial score (nSPS) is 21.8. The van der Waals surface area contributed by atoms with E-state index in [4.69, 9.17) is 4.99 Å². The molecule has 2 aliphatic rings. The van der Waals surface area contributed by atoms with Crippen molar-refractivity contribution in [3.63, 3.8) is 0 Å². The first-order valence-corrected chi connectivity index (χ1v) is 10.8. The molecule has 1 N–H and O–H groups in total. The van der Waals surface area contributed by atoms with Crippen molar-refractivity contribution in [2.45, 2.75) is 38.4 Å². The van der Waals surface area contributed by atoms with Gasteiger partial charge in [-0.2, -0.15) is 0 Å². The van der Waals surface area contributed by atoms with Gasteiger partial charge in [-0.3, -0.25) is 4.99 Å². The molecule has 0 spiro atoms. The summed E-state index contributed by atoms with van der Waals surface area (Å²) in [4.78, 5) is 6.96. The lowest BCUT2D eigenvalue weighted by atomic mass is 10.1. The van der Waals surface area contributed by atoms with Gasteiger partial charge in [0.1, 0.15) is 0 Å². The fraction of sp³-hybridized carbons (Fsp3) is 0.632. The molecule has 1 fully saturated rings. The second kappa shape index (κ2) is 8.46. The standard InChI is InChI=1S/C19H29N3O2S.HI/c1-4-20-18(22-9-10-25(23,24)19(2,3)14-22)21-13-15-11-16-7-5-6-8-17(16)12-15;/h5-8,15H,4,9-14H2,1-3H3,(H,20,21);1H. The van der Waals surface area contributed by atoms with E-state index in [-0.39, 0.29) is 29.7 Å². The number of benzene rings is 1. The number of sulfone groups is 1. The van der Waals surface area contributed by atoms with Crippen molar-refractivity contribution in [2.24, 2.45) is 10.9 Å². The number of nitrogens with one attached hydrogen (secondary N) is 1. The molecule has 146 valence electrons. The van der Waals surface area contributed by atoms with Crippen LogP contribution >= 0.6 is 24.0 Å². The molecule has 5 nitrogen and oxygen atoms in total. The Labute approximate surface area is 174 Å². The summed E-state index contributed by atoms with van der Waals surface area (Å²) >= 11 is 0. The van der Waals surface area contributed by atoms with E-state index in [1.54, 1.807) is 0 Å². The van der Waals surface area contributed by atoms with Crippen LogP contribution in [0.3, 0.4) is 0 Å². The van der Waals surface area contributed by atoms with E-state index in [9.17, 15) is 8.42 Å². The van der Waals surface area contributed by atoms with Crippen molar-refractivity contribution in [1.29, 1.82) is 0 Å². The lowest BCUT2D eigenvalue weighted by Crippen LogP contribution is -2.57. The van der Waals surface area contributed by atoms with Crippen molar-refractivity contribution >= 4 is 39.8 Å². The van der Waals surface area contributed by atoms with Crippen LogP contribution in [0.25, 0.3) is 0 Å². The van der Waals surface area contributed by atoms with Gasteiger partial charge in [-0.05, 0) is 50.7 Å². The molecule has 7 heteroatoms. The summed E-state index contributed by atoms with van der Waals surface area (Å²) in [5, 5.41) is 3.34. The molecule has 0 atom stereocenters. The van der Waals surface area contributed by atoms with Crippen LogP contribution < -0.4 is 5.32 Å². The van der Waals surface area contributed by atoms with Crippen LogP contribution in [0.2, 0.25) is 0 Å². The average molecular weight is 491 g/mol. The van der Waals surface area contributed by atoms with Crippen LogP contribution in [0.5, 0.6) is 0 Å². The van der Waals surface area contributed by atoms with Crippen LogP contribution in [0, 0.1) is 5.92 Å². The maximum atomic E-state index is 12.2. The summed E-state index contributed by atoms with van der Waals surface area (Å²) in [7, 11) is -3.03. The molecule has 0 unspecified atom stereocenters. The van der Waals surface area contributed by atoms with Crippen molar-refractivity contribution in [1.82, 2.24) is 10.2 Å². The number of hydrogen-bond acceptors (Lipinski definition) is 3. The quantitative estimate of drug-likeness (QED) is 0.401. The zero-order valence-electron chi connectivity index (χ0n) is 15.9. The summed E-state index contributed by atoms with van der Waals surface area (Å²) in [5.74, 6) is 1.58. The van der Waals surface area contributed by atoms with E-state index in [1.165, 1.54) is 11.1 Å². The van der Waals surface area contributed by atoms with Crippen molar-refractivity contribution in [2.75, 3.05) is 31.9 Å². The first-order valence-electron chi connectivity index (χ1n) is 9.15. The molecule has 3 rings (SSSR count). The molecule has 1 aliphatic heterocycles. The maximum absolute atomic E-state index is 12.2. The Morgan fingerprint density at radius 3 is 2.42 bits per heavy atom. The van der Waals surface area contributed by atoms with Crippen LogP contribution in [-0.2, 0) is 22.7 Å². The van der Waals surface area contributed by atoms with E-state index < -0.39 is 14.6 Å². The van der Waals surface area contributed by atoms with E-state index in [1.807, 2.05) is 20.8 Å². The minimum absolute atomic E-state index is 0. The molecule has 0 bridgehead atoms. The van der Waals surface area contributed by atoms with Crippen LogP contribution in [0.4, 0.5) is 0 Å². The summed E-state index contributed by atoms with van der Waals surface area (Å²) in [6, 6.07) is 8.63. The van der Waals surface area contributed by atoms with Gasteiger partial charge in [0.25, 0.3) is 0 Å². The zero-order valence-corrected chi connectivity index (χ0v) is 19.0. The Morgan fingerprint density at radius 2 is 1.88 bits per heavy atom. The molecular weight excluding hydrogens is 461 g/mol. The van der Waals surface area contributed by atoms with Crippen molar-refractivity contribution in [3.05, 3.63) is 35.4 Å². The largest absolute Gasteiger partial charge is 0.357 e. The molecule has 0 saturated carbocycles. The predicted molar refractivity (Wildman–Crippen MR) is 118 cm³/mol. The lowest BCUT2D eigenvalue weighted by molar-refractivity contribution is 0.352. The highest BCUT2D eigenvalue weighted by Gasteiger charge is 2.41. The number of rotatable bonds is 3. The van der Waals surface area contributed by atoms with E-state index in [2.05, 4.69) is 34.5 Å². The van der Waals surface area contributed by atoms with Gasteiger partial charge in [-0.15, -0.1) is 24.0 Å². The Balaban J connectivity index is 0.00000243. The van der Waals surface area contributed by atoms with Gasteiger partial charge in [-0.25, -0.2) is 8.42 Å². The van der Waals surface area contributed by atoms with Gasteiger partial charge in [-0.1, -0.05) is 24.3 Å². The number of aliphatic imine (C=N–C) groups is 1. The third kappa shape index (κ3) is 4.52. The Hall–Kier alpha value is -0.830. The van der Waals surface area contributed by atoms with Gasteiger partial charge in [0.05, 0.1) is 10.5 Å². The molecular formula is C19H30IN3O2S. The van der Waals surface area contributed by atoms with Gasteiger partial charge in [0, 0.05) is 26.2 Å². The first-order chi connectivity index (χ1) is 11.8. The van der Waals surface area contributed by atoms with E-state index in [0.717, 1.165) is 31.9 Å². The minimum atomic E-state index is -3.03. The summed E-state index contributed by atoms with van der Waals surface area (Å²) in [6.45, 7) is 8.24. The Morgan fingerprint density at radius 1 is 1.27 bits per heavy atom. The van der Waals surface area contributed by atoms with Gasteiger partial charge < -0.3 is 10.2 Å². The van der Waals surface area contributed by atoms with Crippen LogP contribution in [-0.4, -0.2) is 56.0 Å². The first kappa shape index (κ1) is 21.5. The lowest BCUT2D eigenvalue weighted by Gasteiger charge is -2.39. The second-order valence-corrected chi connectivity index (χ2v) is 10.5. The molecule has 0 amide bonds. The third-order valence-corrected chi connectivity index (χ3v) is 7.85. The summed E-state index contributed by atoms with van der Waals surface area (Å²) < 4.78 is 23.7. The van der Waals surface area contributed by atoms with Crippen LogP contribution in [0.1, 0.15) is 31.9 Å². The highest BCUT2D eigenvalue weighted by Crippen LogP contribution is 2.27. The number of hydrogen-bond donors (Lipinski definition) is 1. The second-order valence-electron chi connectivity index (χ2n) is 7.74. The third-order valence-electron chi connectivity index (χ3n) is 5.31. The number of fused-ring (bicyclic) bond motifs is 1. The molecule has 0 radical (unpaired) electrons. The highest BCUT2D eigenvalue weighted by molar-refractivity contribution is 14.0. The highest BCUT2D eigenvalue weighted by atomic mass is 127. The molecule has 0 aromatic heterocycles. The van der Waals surface area contributed by atoms with Crippen molar-refractivity contribution < 1.29 is 8.42 Å². The Kier molecular flexibility index (Phi) is 6.98. The number of nitrogens with zero attached hydrogens (tertiary/aromatic N) is 2. The zero-order chi connectivity index (χ0) is 18.1. The molecule has 1 aromatic rings. The van der Waals surface area contributed by atoms with E-state index in [0.29, 0.717) is 19.0 Å². The summed E-state index contributed by atoms with van der Waals surface area (Å²) in [5.41, 5.74) is 2.88. The predicted octanol–water partition coefficient (Wildman–Crippen LogP) is 2.49. The number of guanidine groups is 1. The molecule has 26 heavy (non-hydrogen) atoms. The van der Waals surface area contributed by atoms with Crippen molar-refractivity contribution in [3.8, 4) is 0 Å². The molecule has 1 aliphatic carbocycles. The van der Waals surface area contributed by atoms with Gasteiger partial charge in [0.15, 0.2) is 15.8 Å². The Bertz CT molecular complexity index is 737. The average Bonchev–Trinajstić information content (AvgIpc) is 2.97. The van der Waals surface area contributed by atoms with E-state index >= 15 is 0 Å². The van der Waals surface area contributed by atoms with Gasteiger partial charge in [0.2, 0.25) is 0 Å². The van der Waals surface area contributed by atoms with Crippen LogP contribution in [0.15, 0.2) is 29.3 Å². The SMILES string of the molecule is CCNC(=NCC1Cc2ccccc2C1)N1CCS(=O)(=O)C(C)(C)C1.I. The topological polar surface area (TPSA) is 61.8 Å². The monoisotopic (exact) mass is 491 g/mol. The molecule has 1 aromatic carbocycles. The minimum Gasteiger partial charge on any atom is -0.357 e. The number of halogens is 1. The fourth-order valence-corrected chi connectivity index (χ4v) is 5.11. The molecule has 1 heterocycles. The smallest absolute Gasteiger partial charge is 0.194 e. The summed E-state index contributed by atoms with van der Waals surface area (Å²) in [6.07, 6.45) is 2.16. The van der Waals surface area contributed by atoms with Gasteiger partial charge >= 0.3 is 0 Å². The maximum Gasteiger partial charge on any atom is 0.194 e.